The van der Waals surface area contributed by atoms with Crippen molar-refractivity contribution in [3.05, 3.63) is 64.3 Å². The predicted molar refractivity (Wildman–Crippen MR) is 88.6 cm³/mol. The number of hydrogen-bond donors (Lipinski definition) is 2. The molecular formula is C18H18ClN2O+. The first kappa shape index (κ1) is 13.7. The molecule has 112 valence electrons. The molecule has 0 fully saturated rings. The number of nitrogens with one attached hydrogen (secondary N) is 1. The molecule has 0 radical (unpaired) electrons. The van der Waals surface area contributed by atoms with Gasteiger partial charge < -0.3 is 15.0 Å². The molecule has 4 rings (SSSR count). The Kier molecular flexibility index (Phi) is 3.32. The molecule has 1 aliphatic heterocycles. The predicted octanol–water partition coefficient (Wildman–Crippen LogP) is 3.04. The molecule has 2 heterocycles. The summed E-state index contributed by atoms with van der Waals surface area (Å²) in [5.41, 5.74) is 5.18. The van der Waals surface area contributed by atoms with E-state index in [4.69, 9.17) is 16.3 Å². The lowest BCUT2D eigenvalue weighted by Crippen LogP contribution is -2.87. The van der Waals surface area contributed by atoms with E-state index < -0.39 is 0 Å². The zero-order valence-electron chi connectivity index (χ0n) is 12.4. The number of methoxy groups -OCH3 is 1. The van der Waals surface area contributed by atoms with Gasteiger partial charge in [0.15, 0.2) is 6.04 Å². The second-order valence-corrected chi connectivity index (χ2v) is 6.17. The number of aromatic nitrogens is 1. The number of H-pyrrole nitrogens is 1. The molecule has 3 N–H and O–H groups in total. The van der Waals surface area contributed by atoms with E-state index in [0.717, 1.165) is 23.7 Å². The molecule has 0 bridgehead atoms. The van der Waals surface area contributed by atoms with Crippen molar-refractivity contribution in [2.24, 2.45) is 0 Å². The van der Waals surface area contributed by atoms with Gasteiger partial charge in [0.1, 0.15) is 5.75 Å². The maximum Gasteiger partial charge on any atom is 0.153 e. The number of benzene rings is 2. The van der Waals surface area contributed by atoms with Crippen LogP contribution >= 0.6 is 11.6 Å². The molecule has 0 saturated heterocycles. The van der Waals surface area contributed by atoms with Crippen molar-refractivity contribution in [1.29, 1.82) is 0 Å². The maximum atomic E-state index is 6.02. The number of nitrogens with two attached hydrogens (primary N) is 1. The second kappa shape index (κ2) is 5.34. The van der Waals surface area contributed by atoms with Gasteiger partial charge in [-0.1, -0.05) is 23.7 Å². The summed E-state index contributed by atoms with van der Waals surface area (Å²) in [6.07, 6.45) is 1.08. The molecule has 0 amide bonds. The van der Waals surface area contributed by atoms with Crippen molar-refractivity contribution in [1.82, 2.24) is 4.98 Å². The Bertz CT molecular complexity index is 823. The standard InChI is InChI=1S/C18H17ClN2O/c1-22-13-6-7-16-15(10-13)14-8-9-20-17(18(14)21-16)11-2-4-12(19)5-3-11/h2-7,10,17,20-21H,8-9H2,1H3/p+1. The third-order valence-electron chi connectivity index (χ3n) is 4.48. The molecule has 3 aromatic rings. The van der Waals surface area contributed by atoms with Crippen LogP contribution in [0.25, 0.3) is 10.9 Å². The largest absolute Gasteiger partial charge is 0.497 e. The number of fused-ring (bicyclic) bond motifs is 3. The van der Waals surface area contributed by atoms with Gasteiger partial charge in [-0.3, -0.25) is 0 Å². The van der Waals surface area contributed by atoms with Crippen LogP contribution in [0, 0.1) is 0 Å². The molecule has 0 spiro atoms. The van der Waals surface area contributed by atoms with Gasteiger partial charge in [0, 0.05) is 27.9 Å². The molecule has 4 heteroatoms. The lowest BCUT2D eigenvalue weighted by Gasteiger charge is -2.21. The fourth-order valence-electron chi connectivity index (χ4n) is 3.39. The minimum absolute atomic E-state index is 0.305. The van der Waals surface area contributed by atoms with Gasteiger partial charge in [-0.2, -0.15) is 0 Å². The van der Waals surface area contributed by atoms with Gasteiger partial charge in [-0.15, -0.1) is 0 Å². The van der Waals surface area contributed by atoms with Gasteiger partial charge in [-0.25, -0.2) is 0 Å². The summed E-state index contributed by atoms with van der Waals surface area (Å²) in [4.78, 5) is 3.61. The van der Waals surface area contributed by atoms with E-state index in [1.807, 2.05) is 18.2 Å². The van der Waals surface area contributed by atoms with Crippen LogP contribution in [0.1, 0.15) is 22.9 Å². The fourth-order valence-corrected chi connectivity index (χ4v) is 3.52. The topological polar surface area (TPSA) is 41.6 Å². The Balaban J connectivity index is 1.85. The highest BCUT2D eigenvalue weighted by atomic mass is 35.5. The van der Waals surface area contributed by atoms with Crippen LogP contribution in [0.3, 0.4) is 0 Å². The smallest absolute Gasteiger partial charge is 0.153 e. The summed E-state index contributed by atoms with van der Waals surface area (Å²) in [7, 11) is 1.71. The number of quaternary nitrogens is 1. The average molecular weight is 314 g/mol. The lowest BCUT2D eigenvalue weighted by molar-refractivity contribution is -0.690. The molecular weight excluding hydrogens is 296 g/mol. The van der Waals surface area contributed by atoms with E-state index in [1.54, 1.807) is 7.11 Å². The van der Waals surface area contributed by atoms with E-state index >= 15 is 0 Å². The fraction of sp³-hybridized carbons (Fsp3) is 0.222. The van der Waals surface area contributed by atoms with Crippen LogP contribution in [0.2, 0.25) is 5.02 Å². The van der Waals surface area contributed by atoms with Crippen LogP contribution in [0.5, 0.6) is 5.75 Å². The Morgan fingerprint density at radius 1 is 1.18 bits per heavy atom. The summed E-state index contributed by atoms with van der Waals surface area (Å²) in [5, 5.41) is 4.45. The Labute approximate surface area is 134 Å². The van der Waals surface area contributed by atoms with Crippen molar-refractivity contribution in [3.8, 4) is 5.75 Å². The highest BCUT2D eigenvalue weighted by Crippen LogP contribution is 2.32. The van der Waals surface area contributed by atoms with Gasteiger partial charge in [0.25, 0.3) is 0 Å². The first-order valence-electron chi connectivity index (χ1n) is 7.53. The molecule has 2 aromatic carbocycles. The van der Waals surface area contributed by atoms with Crippen molar-refractivity contribution in [2.45, 2.75) is 12.5 Å². The number of hydrogen-bond acceptors (Lipinski definition) is 1. The quantitative estimate of drug-likeness (QED) is 0.750. The van der Waals surface area contributed by atoms with Crippen LogP contribution in [-0.2, 0) is 6.42 Å². The summed E-state index contributed by atoms with van der Waals surface area (Å²) in [5.74, 6) is 0.909. The second-order valence-electron chi connectivity index (χ2n) is 5.73. The van der Waals surface area contributed by atoms with E-state index in [-0.39, 0.29) is 0 Å². The van der Waals surface area contributed by atoms with Crippen LogP contribution in [0.15, 0.2) is 42.5 Å². The van der Waals surface area contributed by atoms with Crippen molar-refractivity contribution < 1.29 is 10.1 Å². The number of ether oxygens (including phenoxy) is 1. The number of aromatic amines is 1. The van der Waals surface area contributed by atoms with Crippen molar-refractivity contribution in [3.63, 3.8) is 0 Å². The third-order valence-corrected chi connectivity index (χ3v) is 4.74. The van der Waals surface area contributed by atoms with E-state index in [1.165, 1.54) is 27.7 Å². The van der Waals surface area contributed by atoms with E-state index in [0.29, 0.717) is 6.04 Å². The lowest BCUT2D eigenvalue weighted by atomic mass is 9.94. The first-order valence-corrected chi connectivity index (χ1v) is 7.91. The highest BCUT2D eigenvalue weighted by Gasteiger charge is 2.28. The Morgan fingerprint density at radius 3 is 2.77 bits per heavy atom. The van der Waals surface area contributed by atoms with Crippen molar-refractivity contribution >= 4 is 22.5 Å². The van der Waals surface area contributed by atoms with Crippen molar-refractivity contribution in [2.75, 3.05) is 13.7 Å². The number of rotatable bonds is 2. The summed E-state index contributed by atoms with van der Waals surface area (Å²) >= 11 is 6.02. The van der Waals surface area contributed by atoms with Gasteiger partial charge in [-0.05, 0) is 35.9 Å². The molecule has 22 heavy (non-hydrogen) atoms. The van der Waals surface area contributed by atoms with Gasteiger partial charge in [0.05, 0.1) is 19.3 Å². The SMILES string of the molecule is COc1ccc2[nH]c3c(c2c1)CC[NH2+]C3c1ccc(Cl)cc1. The normalized spacial score (nSPS) is 17.5. The minimum Gasteiger partial charge on any atom is -0.497 e. The average Bonchev–Trinajstić information content (AvgIpc) is 2.93. The molecule has 1 unspecified atom stereocenters. The zero-order valence-corrected chi connectivity index (χ0v) is 13.2. The number of halogens is 1. The highest BCUT2D eigenvalue weighted by molar-refractivity contribution is 6.30. The van der Waals surface area contributed by atoms with Gasteiger partial charge >= 0.3 is 0 Å². The molecule has 1 atom stereocenters. The molecule has 1 aromatic heterocycles. The van der Waals surface area contributed by atoms with Crippen LogP contribution in [-0.4, -0.2) is 18.6 Å². The van der Waals surface area contributed by atoms with Crippen LogP contribution < -0.4 is 10.1 Å². The zero-order chi connectivity index (χ0) is 15.1. The molecule has 0 saturated carbocycles. The Morgan fingerprint density at radius 2 is 2.00 bits per heavy atom. The van der Waals surface area contributed by atoms with Crippen LogP contribution in [0.4, 0.5) is 0 Å². The van der Waals surface area contributed by atoms with E-state index in [9.17, 15) is 0 Å². The van der Waals surface area contributed by atoms with E-state index in [2.05, 4.69) is 34.6 Å². The first-order chi connectivity index (χ1) is 10.8. The Hall–Kier alpha value is -1.97. The third kappa shape index (κ3) is 2.18. The maximum absolute atomic E-state index is 6.02. The van der Waals surface area contributed by atoms with Gasteiger partial charge in [0.2, 0.25) is 0 Å². The molecule has 3 nitrogen and oxygen atoms in total. The summed E-state index contributed by atoms with van der Waals surface area (Å²) in [6, 6.07) is 14.7. The summed E-state index contributed by atoms with van der Waals surface area (Å²) in [6.45, 7) is 1.09. The molecule has 1 aliphatic rings. The minimum atomic E-state index is 0.305. The summed E-state index contributed by atoms with van der Waals surface area (Å²) < 4.78 is 5.37. The molecule has 0 aliphatic carbocycles. The monoisotopic (exact) mass is 313 g/mol.